The van der Waals surface area contributed by atoms with Crippen LogP contribution < -0.4 is 9.80 Å². The minimum atomic E-state index is -0.203. The second kappa shape index (κ2) is 34.4. The van der Waals surface area contributed by atoms with E-state index in [4.69, 9.17) is 0 Å². The van der Waals surface area contributed by atoms with Crippen molar-refractivity contribution in [1.82, 2.24) is 0 Å². The highest BCUT2D eigenvalue weighted by molar-refractivity contribution is 6.31. The molecular weight excluding hydrogens is 1520 g/mol. The molecule has 18 rings (SSSR count). The van der Waals surface area contributed by atoms with Gasteiger partial charge < -0.3 is 9.80 Å². The molecule has 0 aliphatic heterocycles. The lowest BCUT2D eigenvalue weighted by Crippen LogP contribution is -2.20. The van der Waals surface area contributed by atoms with Crippen LogP contribution in [-0.2, 0) is 32.5 Å². The molecule has 0 radical (unpaired) electrons. The van der Waals surface area contributed by atoms with Crippen molar-refractivity contribution in [3.63, 3.8) is 0 Å². The van der Waals surface area contributed by atoms with E-state index in [1.54, 1.807) is 0 Å². The predicted molar refractivity (Wildman–Crippen MR) is 549 cm³/mol. The Balaban J connectivity index is 0.947. The fraction of sp³-hybridized carbons (Fsp3) is 0.387. The summed E-state index contributed by atoms with van der Waals surface area (Å²) in [5.41, 5.74) is 32.1. The summed E-state index contributed by atoms with van der Waals surface area (Å²) < 4.78 is 0. The first-order valence-electron chi connectivity index (χ1n) is 48.9. The van der Waals surface area contributed by atoms with Crippen LogP contribution in [0, 0.1) is 0 Å². The molecule has 646 valence electrons. The van der Waals surface area contributed by atoms with Crippen molar-refractivity contribution < 1.29 is 0 Å². The molecule has 4 aliphatic rings. The normalized spacial score (nSPS) is 16.0. The average molecular weight is 1660 g/mol. The fourth-order valence-corrected chi connectivity index (χ4v) is 22.0. The van der Waals surface area contributed by atoms with Gasteiger partial charge in [-0.25, -0.2) is 0 Å². The maximum absolute atomic E-state index is 2.75. The van der Waals surface area contributed by atoms with Gasteiger partial charge in [0.15, 0.2) is 0 Å². The molecule has 14 aromatic carbocycles. The molecule has 0 unspecified atom stereocenters. The topological polar surface area (TPSA) is 6.48 Å². The van der Waals surface area contributed by atoms with Crippen LogP contribution in [0.5, 0.6) is 0 Å². The number of hydrogen-bond acceptors (Lipinski definition) is 2. The number of nitrogens with zero attached hydrogens (tertiary/aromatic N) is 2. The van der Waals surface area contributed by atoms with Crippen molar-refractivity contribution in [2.75, 3.05) is 9.80 Å². The van der Waals surface area contributed by atoms with Gasteiger partial charge in [0.25, 0.3) is 0 Å². The molecule has 0 saturated heterocycles. The minimum Gasteiger partial charge on any atom is -0.309 e. The van der Waals surface area contributed by atoms with Crippen LogP contribution in [0.4, 0.5) is 34.1 Å². The second-order valence-corrected chi connectivity index (χ2v) is 45.1. The van der Waals surface area contributed by atoms with Crippen LogP contribution in [0.1, 0.15) is 332 Å². The van der Waals surface area contributed by atoms with Crippen molar-refractivity contribution in [2.45, 2.75) is 309 Å². The van der Waals surface area contributed by atoms with E-state index in [0.29, 0.717) is 23.7 Å². The number of anilines is 6. The summed E-state index contributed by atoms with van der Waals surface area (Å²) >= 11 is 0. The highest BCUT2D eigenvalue weighted by Gasteiger charge is 2.35. The van der Waals surface area contributed by atoms with Crippen molar-refractivity contribution >= 4 is 77.2 Å². The first-order chi connectivity index (χ1) is 60.2. The van der Waals surface area contributed by atoms with Crippen molar-refractivity contribution in [3.8, 4) is 55.6 Å². The smallest absolute Gasteiger partial charge is 0.0618 e. The molecule has 0 amide bonds. The third kappa shape index (κ3) is 17.7. The quantitative estimate of drug-likeness (QED) is 0.0944. The highest BCUT2D eigenvalue weighted by atomic mass is 15.2. The fourth-order valence-electron chi connectivity index (χ4n) is 22.0. The van der Waals surface area contributed by atoms with Crippen molar-refractivity contribution in [3.05, 3.63) is 310 Å². The largest absolute Gasteiger partial charge is 0.309 e. The number of rotatable bonds is 15. The van der Waals surface area contributed by atoms with Gasteiger partial charge in [-0.15, -0.1) is 0 Å². The Kier molecular flexibility index (Phi) is 23.6. The Morgan fingerprint density at radius 3 is 0.698 bits per heavy atom. The molecule has 4 aliphatic carbocycles. The maximum Gasteiger partial charge on any atom is 0.0618 e. The van der Waals surface area contributed by atoms with Gasteiger partial charge in [0.2, 0.25) is 0 Å². The van der Waals surface area contributed by atoms with E-state index in [9.17, 15) is 0 Å². The van der Waals surface area contributed by atoms with E-state index in [1.165, 1.54) is 294 Å². The van der Waals surface area contributed by atoms with Crippen LogP contribution in [0.15, 0.2) is 255 Å². The SMILES string of the molecule is CC(C)(C)c1cc(N(c2cc(-c3ccc(C4CCCCC4)cc3)cc(-c3ccc(C4CCCCC4)cc3)c2)c2c3ccccc3c(-c3c4ccccc4c(N(c4cc(-c5ccc(C6CCCCC6)cc5)cc(-c5ccc(C6CCCCC6)cc5)c4)c4cc(C(C)(C)C)cc(C(C)(C)C)c4)c4cc(C(C)(C)C)ccc34)c3cc(C(C)(C)C)ccc23)cc(C(C)(C)C)c1. The Bertz CT molecular complexity index is 6090. The van der Waals surface area contributed by atoms with Gasteiger partial charge in [-0.1, -0.05) is 384 Å². The summed E-state index contributed by atoms with van der Waals surface area (Å²) in [4.78, 5) is 5.48. The van der Waals surface area contributed by atoms with E-state index >= 15 is 0 Å². The van der Waals surface area contributed by atoms with Crippen LogP contribution in [0.3, 0.4) is 0 Å². The highest BCUT2D eigenvalue weighted by Crippen LogP contribution is 2.58. The summed E-state index contributed by atoms with van der Waals surface area (Å²) in [6, 6.07) is 104. The van der Waals surface area contributed by atoms with Gasteiger partial charge in [-0.3, -0.25) is 0 Å². The monoisotopic (exact) mass is 1660 g/mol. The van der Waals surface area contributed by atoms with E-state index < -0.39 is 0 Å². The number of hydrogen-bond donors (Lipinski definition) is 0. The van der Waals surface area contributed by atoms with Gasteiger partial charge in [0.05, 0.1) is 11.4 Å². The third-order valence-electron chi connectivity index (χ3n) is 29.9. The van der Waals surface area contributed by atoms with E-state index in [-0.39, 0.29) is 32.5 Å². The van der Waals surface area contributed by atoms with E-state index in [2.05, 4.69) is 389 Å². The first kappa shape index (κ1) is 86.5. The second-order valence-electron chi connectivity index (χ2n) is 45.1. The zero-order valence-corrected chi connectivity index (χ0v) is 79.6. The van der Waals surface area contributed by atoms with Crippen molar-refractivity contribution in [1.29, 1.82) is 0 Å². The summed E-state index contributed by atoms with van der Waals surface area (Å²) in [7, 11) is 0. The van der Waals surface area contributed by atoms with Gasteiger partial charge in [0.1, 0.15) is 0 Å². The lowest BCUT2D eigenvalue weighted by atomic mass is 9.79. The van der Waals surface area contributed by atoms with Crippen LogP contribution >= 0.6 is 0 Å². The summed E-state index contributed by atoms with van der Waals surface area (Å²) in [6.07, 6.45) is 26.1. The predicted octanol–water partition coefficient (Wildman–Crippen LogP) is 37.5. The van der Waals surface area contributed by atoms with Crippen LogP contribution in [0.25, 0.3) is 98.7 Å². The number of benzene rings is 14. The Morgan fingerprint density at radius 2 is 0.413 bits per heavy atom. The average Bonchev–Trinajstić information content (AvgIpc) is 0.698. The molecule has 0 bridgehead atoms. The van der Waals surface area contributed by atoms with E-state index in [1.807, 2.05) is 0 Å². The maximum atomic E-state index is 2.75. The molecule has 2 heteroatoms. The lowest BCUT2D eigenvalue weighted by molar-refractivity contribution is 0.443. The van der Waals surface area contributed by atoms with Gasteiger partial charge in [-0.2, -0.15) is 0 Å². The molecule has 4 fully saturated rings. The molecule has 0 atom stereocenters. The summed E-state index contributed by atoms with van der Waals surface area (Å²) in [5.74, 6) is 2.45. The molecule has 0 heterocycles. The lowest BCUT2D eigenvalue weighted by Gasteiger charge is -2.35. The number of fused-ring (bicyclic) bond motifs is 4. The summed E-state index contributed by atoms with van der Waals surface area (Å²) in [5, 5.41) is 9.74. The zero-order chi connectivity index (χ0) is 87.9. The Hall–Kier alpha value is -10.3. The molecule has 2 nitrogen and oxygen atoms in total. The Morgan fingerprint density at radius 1 is 0.183 bits per heavy atom. The third-order valence-corrected chi connectivity index (χ3v) is 29.9. The van der Waals surface area contributed by atoms with Gasteiger partial charge in [0, 0.05) is 44.3 Å². The Labute approximate surface area is 757 Å². The molecule has 126 heavy (non-hydrogen) atoms. The zero-order valence-electron chi connectivity index (χ0n) is 79.6. The summed E-state index contributed by atoms with van der Waals surface area (Å²) in [6.45, 7) is 43.3. The van der Waals surface area contributed by atoms with Crippen LogP contribution in [-0.4, -0.2) is 0 Å². The molecule has 4 saturated carbocycles. The van der Waals surface area contributed by atoms with Gasteiger partial charge >= 0.3 is 0 Å². The van der Waals surface area contributed by atoms with Crippen molar-refractivity contribution in [2.24, 2.45) is 0 Å². The molecule has 14 aromatic rings. The molecule has 0 spiro atoms. The molecular formula is C124H140N2. The first-order valence-corrected chi connectivity index (χ1v) is 48.9. The van der Waals surface area contributed by atoms with Gasteiger partial charge in [-0.05, 0) is 313 Å². The van der Waals surface area contributed by atoms with E-state index in [0.717, 1.165) is 22.7 Å². The minimum absolute atomic E-state index is 0.170. The molecule has 0 N–H and O–H groups in total. The standard InChI is InChI=1S/C124H140N2/c1-119(2,3)97-64-66-112-113(79-97)116(108-44-32-33-45-110(108)117(112)125(105-75-99(121(7,8)9)73-100(76-105)122(10,11)12)103-69-93(89-55-47-85(48-56-89)81-35-23-19-24-36-81)67-94(70-103)90-57-49-86(50-58-90)82-37-25-20-26-38-82)115-107-43-31-34-46-111(107)118(114-80-98(120(4,5)6)63-65-109(114)115)126(106-77-101(123(13,14)15)74-102(78-106)124(16,17)18)104-71-95(91-59-51-87(52-60-91)83-39-27-21-28-40-83)68-96(72-104)92-61-53-88(54-62-92)84-41-29-22-30-42-84/h31-34,43-84H,19-30,35-42H2,1-18H3. The van der Waals surface area contributed by atoms with Crippen LogP contribution in [0.2, 0.25) is 0 Å². The molecule has 0 aromatic heterocycles.